The van der Waals surface area contributed by atoms with Crippen molar-refractivity contribution in [3.8, 4) is 0 Å². The molecule has 0 aromatic heterocycles. The summed E-state index contributed by atoms with van der Waals surface area (Å²) in [5.41, 5.74) is 27.8. The molecule has 1 aliphatic carbocycles. The van der Waals surface area contributed by atoms with Crippen LogP contribution in [-0.2, 0) is 0 Å². The van der Waals surface area contributed by atoms with Crippen LogP contribution in [-0.4, -0.2) is 11.6 Å². The van der Waals surface area contributed by atoms with Crippen LogP contribution < -0.4 is 0 Å². The molecule has 2 aromatic carbocycles. The molecule has 3 rings (SSSR count). The summed E-state index contributed by atoms with van der Waals surface area (Å²) in [7, 11) is 0. The lowest BCUT2D eigenvalue weighted by atomic mass is 9.84. The first-order valence-corrected chi connectivity index (χ1v) is 5.89. The van der Waals surface area contributed by atoms with Crippen LogP contribution in [0.4, 0.5) is 0 Å². The normalized spacial score (nSPS) is 10.4. The Hall–Kier alpha value is -3.60. The van der Waals surface area contributed by atoms with Crippen molar-refractivity contribution >= 4 is 11.6 Å². The third-order valence-corrected chi connectivity index (χ3v) is 2.83. The Morgan fingerprint density at radius 2 is 0.864 bits per heavy atom. The highest BCUT2D eigenvalue weighted by atomic mass is 16.1. The summed E-state index contributed by atoms with van der Waals surface area (Å²) in [6, 6.07) is 13.9. The first-order valence-electron chi connectivity index (χ1n) is 5.89. The predicted octanol–water partition coefficient (Wildman–Crippen LogP) is 4.20. The summed E-state index contributed by atoms with van der Waals surface area (Å²) in [6.45, 7) is 0. The molecule has 0 heterocycles. The molecular formula is C14H9N6O2-. The van der Waals surface area contributed by atoms with Crippen molar-refractivity contribution in [1.82, 2.24) is 0 Å². The first kappa shape index (κ1) is 16.5. The minimum Gasteiger partial charge on any atom is -0.373 e. The van der Waals surface area contributed by atoms with Gasteiger partial charge in [-0.15, -0.1) is 5.53 Å². The van der Waals surface area contributed by atoms with E-state index >= 15 is 0 Å². The lowest BCUT2D eigenvalue weighted by Crippen LogP contribution is -2.20. The van der Waals surface area contributed by atoms with Crippen LogP contribution >= 0.6 is 0 Å². The molecule has 0 spiro atoms. The van der Waals surface area contributed by atoms with Gasteiger partial charge in [-0.1, -0.05) is 48.5 Å². The van der Waals surface area contributed by atoms with Gasteiger partial charge in [0.2, 0.25) is 0 Å². The van der Waals surface area contributed by atoms with Crippen molar-refractivity contribution in [3.63, 3.8) is 0 Å². The minimum absolute atomic E-state index is 0.0641. The number of benzene rings is 2. The van der Waals surface area contributed by atoms with Crippen LogP contribution in [0, 0.1) is 5.53 Å². The van der Waals surface area contributed by atoms with Gasteiger partial charge in [0, 0.05) is 22.3 Å². The van der Waals surface area contributed by atoms with E-state index in [2.05, 4.69) is 0 Å². The van der Waals surface area contributed by atoms with Gasteiger partial charge in [0.15, 0.2) is 11.6 Å². The first-order chi connectivity index (χ1) is 10.6. The molecule has 0 unspecified atom stereocenters. The summed E-state index contributed by atoms with van der Waals surface area (Å²) >= 11 is 0. The Balaban J connectivity index is 0.000000353. The molecule has 0 atom stereocenters. The highest BCUT2D eigenvalue weighted by Crippen LogP contribution is 2.26. The zero-order valence-corrected chi connectivity index (χ0v) is 11.2. The lowest BCUT2D eigenvalue weighted by Gasteiger charge is -2.16. The van der Waals surface area contributed by atoms with Crippen LogP contribution in [0.1, 0.15) is 31.8 Å². The van der Waals surface area contributed by atoms with Gasteiger partial charge < -0.3 is 11.1 Å². The average Bonchev–Trinajstić information content (AvgIpc) is 2.54. The molecule has 0 bridgehead atoms. The highest BCUT2D eigenvalue weighted by Gasteiger charge is 2.28. The van der Waals surface area contributed by atoms with E-state index in [1.165, 1.54) is 4.91 Å². The van der Waals surface area contributed by atoms with Crippen molar-refractivity contribution in [2.45, 2.75) is 0 Å². The number of ketones is 2. The second kappa shape index (κ2) is 7.86. The zero-order chi connectivity index (χ0) is 16.5. The number of rotatable bonds is 0. The molecule has 0 saturated heterocycles. The predicted molar refractivity (Wildman–Crippen MR) is 79.3 cm³/mol. The summed E-state index contributed by atoms with van der Waals surface area (Å²) < 4.78 is 0. The van der Waals surface area contributed by atoms with E-state index in [0.717, 1.165) is 0 Å². The van der Waals surface area contributed by atoms with Gasteiger partial charge in [0.1, 0.15) is 0 Å². The van der Waals surface area contributed by atoms with Crippen LogP contribution in [0.2, 0.25) is 0 Å². The number of nitrogens with one attached hydrogen (secondary N) is 1. The van der Waals surface area contributed by atoms with E-state index < -0.39 is 0 Å². The van der Waals surface area contributed by atoms with Crippen LogP contribution in [0.3, 0.4) is 0 Å². The molecule has 22 heavy (non-hydrogen) atoms. The van der Waals surface area contributed by atoms with Gasteiger partial charge in [-0.3, -0.25) is 14.5 Å². The van der Waals surface area contributed by atoms with Gasteiger partial charge in [-0.05, 0) is 10.4 Å². The van der Waals surface area contributed by atoms with Gasteiger partial charge in [0.05, 0.1) is 0 Å². The molecule has 0 amide bonds. The molecule has 2 aromatic rings. The topological polar surface area (TPSA) is 153 Å². The second-order valence-corrected chi connectivity index (χ2v) is 3.94. The van der Waals surface area contributed by atoms with Gasteiger partial charge in [-0.25, -0.2) is 0 Å². The van der Waals surface area contributed by atoms with Crippen molar-refractivity contribution in [2.75, 3.05) is 0 Å². The van der Waals surface area contributed by atoms with Gasteiger partial charge in [0.25, 0.3) is 0 Å². The Labute approximate surface area is 124 Å². The zero-order valence-electron chi connectivity index (χ0n) is 11.2. The maximum Gasteiger partial charge on any atom is 0.194 e. The Bertz CT molecular complexity index is 670. The number of fused-ring (bicyclic) bond motifs is 2. The minimum atomic E-state index is -0.0641. The third-order valence-electron chi connectivity index (χ3n) is 2.83. The monoisotopic (exact) mass is 293 g/mol. The summed E-state index contributed by atoms with van der Waals surface area (Å²) in [4.78, 5) is 27.5. The van der Waals surface area contributed by atoms with Gasteiger partial charge >= 0.3 is 0 Å². The molecule has 0 fully saturated rings. The van der Waals surface area contributed by atoms with E-state index in [-0.39, 0.29) is 11.6 Å². The maximum atomic E-state index is 12.1. The standard InChI is InChI=1S/C14H8O2.HN3.N3/c15-13-9-5-1-2-6-10(9)14(16)12-8-4-3-7-11(12)13;2*1-3-2/h1-8H;1H;/q;;-1. The fraction of sp³-hybridized carbons (Fsp3) is 0. The van der Waals surface area contributed by atoms with E-state index in [0.29, 0.717) is 22.3 Å². The lowest BCUT2D eigenvalue weighted by molar-refractivity contribution is 0.0979. The Kier molecular flexibility index (Phi) is 5.88. The molecule has 0 radical (unpaired) electrons. The quantitative estimate of drug-likeness (QED) is 0.375. The van der Waals surface area contributed by atoms with E-state index in [4.69, 9.17) is 22.1 Å². The fourth-order valence-corrected chi connectivity index (χ4v) is 2.05. The fourth-order valence-electron chi connectivity index (χ4n) is 2.05. The van der Waals surface area contributed by atoms with E-state index in [1.54, 1.807) is 53.4 Å². The molecule has 8 nitrogen and oxygen atoms in total. The van der Waals surface area contributed by atoms with E-state index in [9.17, 15) is 9.59 Å². The number of hydrogen-bond acceptors (Lipinski definition) is 3. The Morgan fingerprint density at radius 3 is 1.05 bits per heavy atom. The number of nitrogens with zero attached hydrogens (tertiary/aromatic N) is 5. The molecular weight excluding hydrogens is 284 g/mol. The summed E-state index contributed by atoms with van der Waals surface area (Å²) in [5, 5.41) is 0. The number of carbonyl (C=O) groups is 2. The molecule has 1 aliphatic rings. The highest BCUT2D eigenvalue weighted by molar-refractivity contribution is 6.28. The van der Waals surface area contributed by atoms with E-state index in [1.807, 2.05) is 0 Å². The second-order valence-electron chi connectivity index (χ2n) is 3.94. The van der Waals surface area contributed by atoms with Gasteiger partial charge in [-0.2, -0.15) is 0 Å². The third kappa shape index (κ3) is 3.29. The van der Waals surface area contributed by atoms with Crippen molar-refractivity contribution < 1.29 is 9.59 Å². The average molecular weight is 293 g/mol. The smallest absolute Gasteiger partial charge is 0.194 e. The molecule has 1 N–H and O–H groups in total. The molecule has 108 valence electrons. The molecule has 0 aliphatic heterocycles. The van der Waals surface area contributed by atoms with Crippen molar-refractivity contribution in [2.24, 2.45) is 0 Å². The van der Waals surface area contributed by atoms with Crippen LogP contribution in [0.5, 0.6) is 0 Å². The van der Waals surface area contributed by atoms with Crippen molar-refractivity contribution in [3.05, 3.63) is 97.2 Å². The van der Waals surface area contributed by atoms with Crippen molar-refractivity contribution in [1.29, 1.82) is 5.53 Å². The van der Waals surface area contributed by atoms with Crippen LogP contribution in [0.25, 0.3) is 26.4 Å². The Morgan fingerprint density at radius 1 is 0.682 bits per heavy atom. The molecule has 8 heteroatoms. The maximum absolute atomic E-state index is 12.1. The largest absolute Gasteiger partial charge is 0.373 e. The molecule has 0 saturated carbocycles. The summed E-state index contributed by atoms with van der Waals surface area (Å²) in [6.07, 6.45) is 0. The van der Waals surface area contributed by atoms with Crippen LogP contribution in [0.15, 0.2) is 48.5 Å². The number of carbonyl (C=O) groups excluding carboxylic acids is 2. The number of hydrogen-bond donors (Lipinski definition) is 1. The summed E-state index contributed by atoms with van der Waals surface area (Å²) in [5.74, 6) is -0.128. The SMILES string of the molecule is O=C1c2ccccc2C(=O)c2ccccc21.[N-]=[N+]=N.[N-]=[N+]=[N-].